The molecule has 6 heteroatoms. The number of furan rings is 1. The molecule has 0 unspecified atom stereocenters. The third kappa shape index (κ3) is 2.86. The minimum Gasteiger partial charge on any atom is -0.508 e. The van der Waals surface area contributed by atoms with Crippen LogP contribution in [-0.4, -0.2) is 16.1 Å². The first-order chi connectivity index (χ1) is 9.08. The highest BCUT2D eigenvalue weighted by atomic mass is 16.3. The van der Waals surface area contributed by atoms with Crippen LogP contribution in [0.4, 0.5) is 0 Å². The second-order valence-electron chi connectivity index (χ2n) is 3.74. The molecule has 0 spiro atoms. The lowest BCUT2D eigenvalue weighted by Gasteiger charge is -2.10. The molecule has 0 saturated carbocycles. The lowest BCUT2D eigenvalue weighted by molar-refractivity contribution is 0.0939. The van der Waals surface area contributed by atoms with Crippen LogP contribution in [0, 0.1) is 0 Å². The molecule has 19 heavy (non-hydrogen) atoms. The maximum absolute atomic E-state index is 11.8. The van der Waals surface area contributed by atoms with E-state index in [-0.39, 0.29) is 17.1 Å². The van der Waals surface area contributed by atoms with Crippen LogP contribution in [0.3, 0.4) is 0 Å². The topological polar surface area (TPSA) is 94.7 Å². The van der Waals surface area contributed by atoms with Crippen LogP contribution in [0.25, 0.3) is 5.70 Å². The van der Waals surface area contributed by atoms with Gasteiger partial charge in [0.15, 0.2) is 5.76 Å². The number of benzene rings is 1. The van der Waals surface area contributed by atoms with E-state index in [0.29, 0.717) is 11.5 Å². The van der Waals surface area contributed by atoms with Crippen molar-refractivity contribution >= 4 is 11.6 Å². The summed E-state index contributed by atoms with van der Waals surface area (Å²) in [6.07, 6.45) is 1.48. The minimum absolute atomic E-state index is 0.0255. The SMILES string of the molecule is C=C(NNC(=O)c1ccc(O)cc1O)c1ccco1. The molecule has 98 valence electrons. The van der Waals surface area contributed by atoms with Crippen molar-refractivity contribution in [3.63, 3.8) is 0 Å². The summed E-state index contributed by atoms with van der Waals surface area (Å²) in [6.45, 7) is 3.68. The van der Waals surface area contributed by atoms with Crippen molar-refractivity contribution in [3.8, 4) is 11.5 Å². The lowest BCUT2D eigenvalue weighted by Crippen LogP contribution is -2.35. The van der Waals surface area contributed by atoms with E-state index < -0.39 is 5.91 Å². The number of hydrogen-bond donors (Lipinski definition) is 4. The van der Waals surface area contributed by atoms with Gasteiger partial charge in [0.1, 0.15) is 11.5 Å². The Balaban J connectivity index is 2.00. The van der Waals surface area contributed by atoms with Gasteiger partial charge < -0.3 is 14.6 Å². The zero-order valence-corrected chi connectivity index (χ0v) is 9.88. The van der Waals surface area contributed by atoms with Gasteiger partial charge in [0.2, 0.25) is 0 Å². The maximum atomic E-state index is 11.8. The fraction of sp³-hybridized carbons (Fsp3) is 0. The standard InChI is InChI=1S/C13H12N2O4/c1-8(12-3-2-6-19-12)14-15-13(18)10-5-4-9(16)7-11(10)17/h2-7,14,16-17H,1H2,(H,15,18). The first-order valence-electron chi connectivity index (χ1n) is 5.39. The van der Waals surface area contributed by atoms with Crippen LogP contribution in [0.1, 0.15) is 16.1 Å². The molecule has 0 aliphatic carbocycles. The molecule has 0 fully saturated rings. The van der Waals surface area contributed by atoms with Gasteiger partial charge in [-0.05, 0) is 24.3 Å². The molecule has 0 atom stereocenters. The Kier molecular flexibility index (Phi) is 3.42. The summed E-state index contributed by atoms with van der Waals surface area (Å²) in [6, 6.07) is 7.05. The van der Waals surface area contributed by atoms with E-state index in [1.54, 1.807) is 12.1 Å². The smallest absolute Gasteiger partial charge is 0.273 e. The van der Waals surface area contributed by atoms with E-state index in [9.17, 15) is 9.90 Å². The molecule has 0 aliphatic heterocycles. The summed E-state index contributed by atoms with van der Waals surface area (Å²) in [5.74, 6) is -0.523. The molecule has 0 aliphatic rings. The van der Waals surface area contributed by atoms with Crippen molar-refractivity contribution in [2.75, 3.05) is 0 Å². The third-order valence-electron chi connectivity index (χ3n) is 2.37. The van der Waals surface area contributed by atoms with E-state index in [1.807, 2.05) is 0 Å². The van der Waals surface area contributed by atoms with Crippen LogP contribution >= 0.6 is 0 Å². The van der Waals surface area contributed by atoms with Gasteiger partial charge in [-0.25, -0.2) is 0 Å². The van der Waals surface area contributed by atoms with Gasteiger partial charge in [0, 0.05) is 6.07 Å². The number of phenolic OH excluding ortho intramolecular Hbond substituents is 2. The molecule has 2 rings (SSSR count). The van der Waals surface area contributed by atoms with E-state index in [1.165, 1.54) is 18.4 Å². The number of carbonyl (C=O) groups excluding carboxylic acids is 1. The molecule has 1 amide bonds. The highest BCUT2D eigenvalue weighted by Gasteiger charge is 2.12. The molecule has 0 bridgehead atoms. The zero-order valence-electron chi connectivity index (χ0n) is 9.88. The summed E-state index contributed by atoms with van der Waals surface area (Å²) in [5.41, 5.74) is 5.32. The fourth-order valence-corrected chi connectivity index (χ4v) is 1.42. The average Bonchev–Trinajstić information content (AvgIpc) is 2.89. The molecule has 1 heterocycles. The summed E-state index contributed by atoms with van der Waals surface area (Å²) in [7, 11) is 0. The number of hydrogen-bond acceptors (Lipinski definition) is 5. The summed E-state index contributed by atoms with van der Waals surface area (Å²) in [4.78, 5) is 11.8. The number of aromatic hydroxyl groups is 2. The van der Waals surface area contributed by atoms with Crippen LogP contribution < -0.4 is 10.9 Å². The predicted molar refractivity (Wildman–Crippen MR) is 68.1 cm³/mol. The highest BCUT2D eigenvalue weighted by molar-refractivity contribution is 5.97. The lowest BCUT2D eigenvalue weighted by atomic mass is 10.2. The number of hydrazine groups is 1. The molecule has 1 aromatic heterocycles. The Morgan fingerprint density at radius 3 is 2.63 bits per heavy atom. The molecule has 4 N–H and O–H groups in total. The Hall–Kier alpha value is -2.89. The zero-order chi connectivity index (χ0) is 13.8. The van der Waals surface area contributed by atoms with Crippen LogP contribution in [-0.2, 0) is 0 Å². The third-order valence-corrected chi connectivity index (χ3v) is 2.37. The van der Waals surface area contributed by atoms with Gasteiger partial charge in [-0.15, -0.1) is 0 Å². The summed E-state index contributed by atoms with van der Waals surface area (Å²) < 4.78 is 5.08. The van der Waals surface area contributed by atoms with Gasteiger partial charge in [0.25, 0.3) is 5.91 Å². The van der Waals surface area contributed by atoms with Crippen molar-refractivity contribution < 1.29 is 19.4 Å². The van der Waals surface area contributed by atoms with Gasteiger partial charge in [0.05, 0.1) is 17.5 Å². The van der Waals surface area contributed by atoms with E-state index >= 15 is 0 Å². The van der Waals surface area contributed by atoms with Gasteiger partial charge >= 0.3 is 0 Å². The first-order valence-corrected chi connectivity index (χ1v) is 5.39. The number of rotatable bonds is 4. The summed E-state index contributed by atoms with van der Waals surface area (Å²) >= 11 is 0. The fourth-order valence-electron chi connectivity index (χ4n) is 1.42. The quantitative estimate of drug-likeness (QED) is 0.626. The number of nitrogens with one attached hydrogen (secondary N) is 2. The monoisotopic (exact) mass is 260 g/mol. The van der Waals surface area contributed by atoms with E-state index in [2.05, 4.69) is 17.4 Å². The Labute approximate surface area is 109 Å². The molecule has 6 nitrogen and oxygen atoms in total. The second-order valence-corrected chi connectivity index (χ2v) is 3.74. The van der Waals surface area contributed by atoms with E-state index in [0.717, 1.165) is 6.07 Å². The maximum Gasteiger partial charge on any atom is 0.273 e. The van der Waals surface area contributed by atoms with Crippen LogP contribution in [0.5, 0.6) is 11.5 Å². The van der Waals surface area contributed by atoms with Crippen molar-refractivity contribution in [1.29, 1.82) is 0 Å². The molecule has 1 aromatic carbocycles. The first kappa shape index (κ1) is 12.6. The summed E-state index contributed by atoms with van der Waals surface area (Å²) in [5, 5.41) is 18.6. The van der Waals surface area contributed by atoms with Crippen molar-refractivity contribution in [2.45, 2.75) is 0 Å². The van der Waals surface area contributed by atoms with Crippen molar-refractivity contribution in [2.24, 2.45) is 0 Å². The highest BCUT2D eigenvalue weighted by Crippen LogP contribution is 2.22. The average molecular weight is 260 g/mol. The molecular formula is C13H12N2O4. The van der Waals surface area contributed by atoms with Gasteiger partial charge in [-0.3, -0.25) is 15.6 Å². The number of amides is 1. The Morgan fingerprint density at radius 1 is 1.21 bits per heavy atom. The number of carbonyl (C=O) groups is 1. The van der Waals surface area contributed by atoms with E-state index in [4.69, 9.17) is 9.52 Å². The number of phenols is 2. The molecule has 0 saturated heterocycles. The Bertz CT molecular complexity index is 605. The van der Waals surface area contributed by atoms with Crippen LogP contribution in [0.15, 0.2) is 47.6 Å². The van der Waals surface area contributed by atoms with Crippen LogP contribution in [0.2, 0.25) is 0 Å². The Morgan fingerprint density at radius 2 is 2.00 bits per heavy atom. The van der Waals surface area contributed by atoms with Crippen molar-refractivity contribution in [1.82, 2.24) is 10.9 Å². The molecular weight excluding hydrogens is 248 g/mol. The second kappa shape index (κ2) is 5.18. The molecule has 0 radical (unpaired) electrons. The van der Waals surface area contributed by atoms with Gasteiger partial charge in [-0.2, -0.15) is 0 Å². The largest absolute Gasteiger partial charge is 0.508 e. The normalized spacial score (nSPS) is 9.89. The van der Waals surface area contributed by atoms with Gasteiger partial charge in [-0.1, -0.05) is 6.58 Å². The molecule has 2 aromatic rings. The van der Waals surface area contributed by atoms with Crippen molar-refractivity contribution in [3.05, 3.63) is 54.5 Å². The predicted octanol–water partition coefficient (Wildman–Crippen LogP) is 1.60. The minimum atomic E-state index is -0.565.